The topological polar surface area (TPSA) is 76.2 Å². The lowest BCUT2D eigenvalue weighted by molar-refractivity contribution is 0.143. The van der Waals surface area contributed by atoms with E-state index in [4.69, 9.17) is 4.98 Å². The van der Waals surface area contributed by atoms with Crippen molar-refractivity contribution in [2.75, 3.05) is 6.61 Å². The van der Waals surface area contributed by atoms with Gasteiger partial charge in [-0.25, -0.2) is 14.5 Å². The Bertz CT molecular complexity index is 1130. The summed E-state index contributed by atoms with van der Waals surface area (Å²) < 4.78 is 1.81. The number of hydrogen-bond donors (Lipinski definition) is 1. The summed E-state index contributed by atoms with van der Waals surface area (Å²) >= 11 is 1.71. The normalized spacial score (nSPS) is 20.0. The Balaban J connectivity index is 1.53. The fourth-order valence-electron chi connectivity index (χ4n) is 3.64. The van der Waals surface area contributed by atoms with Gasteiger partial charge in [0.1, 0.15) is 21.7 Å². The van der Waals surface area contributed by atoms with E-state index in [9.17, 15) is 5.11 Å². The first-order chi connectivity index (χ1) is 12.6. The second-order valence-corrected chi connectivity index (χ2v) is 8.24. The van der Waals surface area contributed by atoms with E-state index in [2.05, 4.69) is 21.1 Å². The molecule has 0 bridgehead atoms. The van der Waals surface area contributed by atoms with Crippen molar-refractivity contribution in [1.82, 2.24) is 24.6 Å². The largest absolute Gasteiger partial charge is 0.396 e. The summed E-state index contributed by atoms with van der Waals surface area (Å²) in [7, 11) is 0. The van der Waals surface area contributed by atoms with Gasteiger partial charge >= 0.3 is 0 Å². The molecule has 0 unspecified atom stereocenters. The molecular formula is C19H19N5OS. The summed E-state index contributed by atoms with van der Waals surface area (Å²) in [6.45, 7) is 4.30. The van der Waals surface area contributed by atoms with Crippen LogP contribution in [0, 0.1) is 19.8 Å². The third-order valence-electron chi connectivity index (χ3n) is 5.15. The van der Waals surface area contributed by atoms with E-state index in [0.29, 0.717) is 18.4 Å². The number of nitrogens with zero attached hydrogens (tertiary/aromatic N) is 5. The number of aliphatic hydroxyl groups is 1. The molecule has 0 aromatic carbocycles. The summed E-state index contributed by atoms with van der Waals surface area (Å²) in [5.41, 5.74) is 5.43. The van der Waals surface area contributed by atoms with Crippen LogP contribution in [0.3, 0.4) is 0 Å². The van der Waals surface area contributed by atoms with E-state index in [1.807, 2.05) is 30.6 Å². The van der Waals surface area contributed by atoms with Crippen molar-refractivity contribution in [2.24, 2.45) is 5.92 Å². The molecule has 0 radical (unpaired) electrons. The Hall–Kier alpha value is -2.38. The highest BCUT2D eigenvalue weighted by Crippen LogP contribution is 2.44. The molecule has 1 aliphatic rings. The molecule has 0 amide bonds. The highest BCUT2D eigenvalue weighted by molar-refractivity contribution is 7.18. The highest BCUT2D eigenvalue weighted by atomic mass is 32.1. The summed E-state index contributed by atoms with van der Waals surface area (Å²) in [6, 6.07) is 4.17. The number of aromatic nitrogens is 5. The number of rotatable bonds is 3. The number of imidazole rings is 1. The van der Waals surface area contributed by atoms with Crippen molar-refractivity contribution in [3.05, 3.63) is 40.7 Å². The van der Waals surface area contributed by atoms with Gasteiger partial charge in [0, 0.05) is 11.5 Å². The SMILES string of the molecule is Cc1cn2nc(-c3cnc4cc(C5CC(CO)C5)sc4n3)cc(C)c2n1. The maximum absolute atomic E-state index is 9.22. The highest BCUT2D eigenvalue weighted by Gasteiger charge is 2.31. The third-order valence-corrected chi connectivity index (χ3v) is 6.33. The van der Waals surface area contributed by atoms with Gasteiger partial charge in [0.15, 0.2) is 5.65 Å². The molecule has 7 heteroatoms. The van der Waals surface area contributed by atoms with Gasteiger partial charge in [-0.2, -0.15) is 5.10 Å². The minimum atomic E-state index is 0.295. The van der Waals surface area contributed by atoms with Gasteiger partial charge in [-0.05, 0) is 56.2 Å². The van der Waals surface area contributed by atoms with Crippen molar-refractivity contribution >= 4 is 27.3 Å². The zero-order valence-corrected chi connectivity index (χ0v) is 15.5. The number of hydrogen-bond acceptors (Lipinski definition) is 6. The van der Waals surface area contributed by atoms with Crippen molar-refractivity contribution in [3.8, 4) is 11.4 Å². The first kappa shape index (κ1) is 15.8. The standard InChI is InChI=1S/C19H19N5OS/c1-10-3-14(23-24-8-11(2)21-18(10)24)16-7-20-15-6-17(26-19(15)22-16)13-4-12(5-13)9-25/h3,6-8,12-13,25H,4-5,9H2,1-2H3. The lowest BCUT2D eigenvalue weighted by atomic mass is 9.75. The molecule has 0 saturated heterocycles. The van der Waals surface area contributed by atoms with E-state index in [-0.39, 0.29) is 0 Å². The molecule has 6 nitrogen and oxygen atoms in total. The monoisotopic (exact) mass is 365 g/mol. The Morgan fingerprint density at radius 3 is 2.85 bits per heavy atom. The van der Waals surface area contributed by atoms with Crippen LogP contribution < -0.4 is 0 Å². The summed E-state index contributed by atoms with van der Waals surface area (Å²) in [5, 5.41) is 13.9. The zero-order valence-electron chi connectivity index (χ0n) is 14.7. The lowest BCUT2D eigenvalue weighted by Crippen LogP contribution is -2.23. The van der Waals surface area contributed by atoms with Crippen molar-refractivity contribution in [2.45, 2.75) is 32.6 Å². The van der Waals surface area contributed by atoms with E-state index >= 15 is 0 Å². The van der Waals surface area contributed by atoms with Crippen LogP contribution in [0.5, 0.6) is 0 Å². The number of aryl methyl sites for hydroxylation is 2. The summed E-state index contributed by atoms with van der Waals surface area (Å²) in [5.74, 6) is 1.00. The predicted octanol–water partition coefficient (Wildman–Crippen LogP) is 3.50. The zero-order chi connectivity index (χ0) is 17.8. The molecule has 1 fully saturated rings. The number of thiophene rings is 1. The van der Waals surface area contributed by atoms with Crippen molar-refractivity contribution in [3.63, 3.8) is 0 Å². The van der Waals surface area contributed by atoms with Gasteiger partial charge < -0.3 is 5.11 Å². The average molecular weight is 365 g/mol. The Morgan fingerprint density at radius 1 is 1.19 bits per heavy atom. The molecule has 0 spiro atoms. The van der Waals surface area contributed by atoms with Gasteiger partial charge in [-0.15, -0.1) is 11.3 Å². The maximum atomic E-state index is 9.22. The second-order valence-electron chi connectivity index (χ2n) is 7.17. The molecule has 0 atom stereocenters. The van der Waals surface area contributed by atoms with Gasteiger partial charge in [-0.3, -0.25) is 4.98 Å². The number of aliphatic hydroxyl groups excluding tert-OH is 1. The predicted molar refractivity (Wildman–Crippen MR) is 101 cm³/mol. The van der Waals surface area contributed by atoms with Crippen LogP contribution in [0.4, 0.5) is 0 Å². The minimum absolute atomic E-state index is 0.295. The van der Waals surface area contributed by atoms with Gasteiger partial charge in [0.25, 0.3) is 0 Å². The van der Waals surface area contributed by atoms with E-state index in [1.54, 1.807) is 17.5 Å². The van der Waals surface area contributed by atoms with Crippen LogP contribution in [-0.4, -0.2) is 36.3 Å². The third kappa shape index (κ3) is 2.50. The Labute approximate surface area is 154 Å². The summed E-state index contributed by atoms with van der Waals surface area (Å²) in [4.78, 5) is 16.2. The molecule has 1 saturated carbocycles. The smallest absolute Gasteiger partial charge is 0.156 e. The van der Waals surface area contributed by atoms with Crippen LogP contribution in [0.2, 0.25) is 0 Å². The number of fused-ring (bicyclic) bond motifs is 2. The van der Waals surface area contributed by atoms with Gasteiger partial charge in [0.2, 0.25) is 0 Å². The molecule has 5 rings (SSSR count). The van der Waals surface area contributed by atoms with E-state index < -0.39 is 0 Å². The molecule has 4 aromatic rings. The fourth-order valence-corrected chi connectivity index (χ4v) is 4.76. The van der Waals surface area contributed by atoms with Gasteiger partial charge in [-0.1, -0.05) is 0 Å². The lowest BCUT2D eigenvalue weighted by Gasteiger charge is -2.33. The molecule has 0 aliphatic heterocycles. The average Bonchev–Trinajstić information content (AvgIpc) is 3.15. The van der Waals surface area contributed by atoms with Crippen molar-refractivity contribution < 1.29 is 5.11 Å². The van der Waals surface area contributed by atoms with Crippen molar-refractivity contribution in [1.29, 1.82) is 0 Å². The fraction of sp³-hybridized carbons (Fsp3) is 0.368. The molecule has 4 heterocycles. The molecule has 26 heavy (non-hydrogen) atoms. The van der Waals surface area contributed by atoms with E-state index in [1.165, 1.54) is 4.88 Å². The van der Waals surface area contributed by atoms with Crippen LogP contribution in [0.25, 0.3) is 27.4 Å². The second kappa shape index (κ2) is 5.82. The Kier molecular flexibility index (Phi) is 3.55. The molecule has 132 valence electrons. The quantitative estimate of drug-likeness (QED) is 0.601. The molecular weight excluding hydrogens is 346 g/mol. The molecule has 4 aromatic heterocycles. The van der Waals surface area contributed by atoms with Crippen LogP contribution >= 0.6 is 11.3 Å². The van der Waals surface area contributed by atoms with Crippen LogP contribution in [-0.2, 0) is 0 Å². The summed E-state index contributed by atoms with van der Waals surface area (Å²) in [6.07, 6.45) is 5.85. The van der Waals surface area contributed by atoms with Gasteiger partial charge in [0.05, 0.1) is 18.1 Å². The Morgan fingerprint density at radius 2 is 2.04 bits per heavy atom. The van der Waals surface area contributed by atoms with E-state index in [0.717, 1.165) is 51.5 Å². The molecule has 1 N–H and O–H groups in total. The first-order valence-corrected chi connectivity index (χ1v) is 9.63. The molecule has 1 aliphatic carbocycles. The maximum Gasteiger partial charge on any atom is 0.156 e. The van der Waals surface area contributed by atoms with Crippen LogP contribution in [0.1, 0.15) is 34.9 Å². The first-order valence-electron chi connectivity index (χ1n) is 8.82. The minimum Gasteiger partial charge on any atom is -0.396 e. The van der Waals surface area contributed by atoms with Crippen LogP contribution in [0.15, 0.2) is 24.5 Å².